The van der Waals surface area contributed by atoms with Crippen LogP contribution in [0.2, 0.25) is 0 Å². The van der Waals surface area contributed by atoms with Gasteiger partial charge in [-0.25, -0.2) is 4.79 Å². The molecule has 2 amide bonds. The molecule has 0 aliphatic carbocycles. The van der Waals surface area contributed by atoms with E-state index in [1.54, 1.807) is 20.8 Å². The minimum Gasteiger partial charge on any atom is -0.442 e. The monoisotopic (exact) mass is 250 g/mol. The second-order valence-corrected chi connectivity index (χ2v) is 4.41. The standard InChI is InChI=1S/C9H18N2O4S/c1-9(2,3)15-8(13)11-14-6-7(12)10-4-5-16/h16H,4-6H2,1-3H3,(H,10,12)(H,11,13). The molecule has 6 nitrogen and oxygen atoms in total. The molecule has 0 aliphatic heterocycles. The number of hydrogen-bond donors (Lipinski definition) is 3. The lowest BCUT2D eigenvalue weighted by atomic mass is 10.2. The van der Waals surface area contributed by atoms with Crippen LogP contribution in [0.25, 0.3) is 0 Å². The first-order valence-corrected chi connectivity index (χ1v) is 5.47. The summed E-state index contributed by atoms with van der Waals surface area (Å²) in [6.45, 7) is 5.38. The summed E-state index contributed by atoms with van der Waals surface area (Å²) in [6, 6.07) is 0. The molecule has 0 heterocycles. The molecule has 0 radical (unpaired) electrons. The highest BCUT2D eigenvalue weighted by molar-refractivity contribution is 7.80. The predicted molar refractivity (Wildman–Crippen MR) is 62.2 cm³/mol. The van der Waals surface area contributed by atoms with Crippen LogP contribution in [-0.4, -0.2) is 36.5 Å². The van der Waals surface area contributed by atoms with Crippen molar-refractivity contribution in [3.8, 4) is 0 Å². The minimum absolute atomic E-state index is 0.257. The summed E-state index contributed by atoms with van der Waals surface area (Å²) in [7, 11) is 0. The quantitative estimate of drug-likeness (QED) is 0.490. The number of amides is 2. The first-order valence-electron chi connectivity index (χ1n) is 4.83. The molecule has 0 aromatic heterocycles. The number of rotatable bonds is 5. The van der Waals surface area contributed by atoms with Crippen molar-refractivity contribution in [1.29, 1.82) is 0 Å². The van der Waals surface area contributed by atoms with Crippen LogP contribution in [-0.2, 0) is 14.4 Å². The lowest BCUT2D eigenvalue weighted by molar-refractivity contribution is -0.127. The maximum atomic E-state index is 11.1. The van der Waals surface area contributed by atoms with E-state index in [1.807, 2.05) is 5.48 Å². The molecule has 0 saturated heterocycles. The Labute approximate surface area is 100 Å². The van der Waals surface area contributed by atoms with E-state index in [-0.39, 0.29) is 12.5 Å². The summed E-state index contributed by atoms with van der Waals surface area (Å²) in [5, 5.41) is 2.52. The van der Waals surface area contributed by atoms with Crippen molar-refractivity contribution in [3.05, 3.63) is 0 Å². The SMILES string of the molecule is CC(C)(C)OC(=O)NOCC(=O)NCCS. The Hall–Kier alpha value is -0.950. The number of ether oxygens (including phenoxy) is 1. The fraction of sp³-hybridized carbons (Fsp3) is 0.778. The fourth-order valence-electron chi connectivity index (χ4n) is 0.706. The molecular formula is C9H18N2O4S. The van der Waals surface area contributed by atoms with Gasteiger partial charge >= 0.3 is 6.09 Å². The Morgan fingerprint density at radius 1 is 1.31 bits per heavy atom. The van der Waals surface area contributed by atoms with Crippen molar-refractivity contribution in [3.63, 3.8) is 0 Å². The molecule has 0 spiro atoms. The third kappa shape index (κ3) is 9.60. The number of thiol groups is 1. The zero-order valence-electron chi connectivity index (χ0n) is 9.70. The Morgan fingerprint density at radius 2 is 1.94 bits per heavy atom. The van der Waals surface area contributed by atoms with Crippen LogP contribution in [0.5, 0.6) is 0 Å². The Kier molecular flexibility index (Phi) is 6.91. The summed E-state index contributed by atoms with van der Waals surface area (Å²) >= 11 is 3.92. The van der Waals surface area contributed by atoms with Gasteiger partial charge < -0.3 is 10.1 Å². The first kappa shape index (κ1) is 15.0. The molecule has 0 aromatic rings. The van der Waals surface area contributed by atoms with E-state index in [9.17, 15) is 9.59 Å². The number of nitrogens with one attached hydrogen (secondary N) is 2. The molecule has 0 aromatic carbocycles. The van der Waals surface area contributed by atoms with E-state index in [0.29, 0.717) is 12.3 Å². The highest BCUT2D eigenvalue weighted by Gasteiger charge is 2.16. The van der Waals surface area contributed by atoms with E-state index in [1.165, 1.54) is 0 Å². The second kappa shape index (κ2) is 7.34. The minimum atomic E-state index is -0.727. The molecule has 0 rings (SSSR count). The van der Waals surface area contributed by atoms with Crippen LogP contribution in [0.4, 0.5) is 4.79 Å². The Bertz CT molecular complexity index is 240. The van der Waals surface area contributed by atoms with Gasteiger partial charge in [-0.15, -0.1) is 0 Å². The predicted octanol–water partition coefficient (Wildman–Crippen LogP) is 0.489. The lowest BCUT2D eigenvalue weighted by Crippen LogP contribution is -2.36. The van der Waals surface area contributed by atoms with Gasteiger partial charge in [0.15, 0.2) is 6.61 Å². The molecule has 2 N–H and O–H groups in total. The molecule has 16 heavy (non-hydrogen) atoms. The van der Waals surface area contributed by atoms with Crippen LogP contribution >= 0.6 is 12.6 Å². The van der Waals surface area contributed by atoms with Gasteiger partial charge in [0.2, 0.25) is 5.91 Å². The maximum Gasteiger partial charge on any atom is 0.431 e. The average molecular weight is 250 g/mol. The van der Waals surface area contributed by atoms with Crippen LogP contribution in [0.3, 0.4) is 0 Å². The topological polar surface area (TPSA) is 76.7 Å². The molecule has 0 unspecified atom stereocenters. The van der Waals surface area contributed by atoms with Gasteiger partial charge in [0.1, 0.15) is 5.60 Å². The van der Waals surface area contributed by atoms with Crippen molar-refractivity contribution in [2.75, 3.05) is 18.9 Å². The molecule has 94 valence electrons. The highest BCUT2D eigenvalue weighted by atomic mass is 32.1. The van der Waals surface area contributed by atoms with Gasteiger partial charge in [-0.1, -0.05) is 0 Å². The van der Waals surface area contributed by atoms with Crippen molar-refractivity contribution >= 4 is 24.6 Å². The van der Waals surface area contributed by atoms with E-state index < -0.39 is 11.7 Å². The summed E-state index contributed by atoms with van der Waals surface area (Å²) in [6.07, 6.45) is -0.727. The molecule has 0 saturated carbocycles. The number of hydrogen-bond acceptors (Lipinski definition) is 5. The number of hydroxylamine groups is 1. The number of carbonyl (C=O) groups excluding carboxylic acids is 2. The first-order chi connectivity index (χ1) is 7.35. The Balaban J connectivity index is 3.58. The second-order valence-electron chi connectivity index (χ2n) is 3.97. The van der Waals surface area contributed by atoms with Crippen molar-refractivity contribution in [2.24, 2.45) is 0 Å². The molecule has 0 fully saturated rings. The molecule has 0 atom stereocenters. The van der Waals surface area contributed by atoms with E-state index in [4.69, 9.17) is 4.74 Å². The van der Waals surface area contributed by atoms with Crippen molar-refractivity contribution in [2.45, 2.75) is 26.4 Å². The van der Waals surface area contributed by atoms with Crippen molar-refractivity contribution < 1.29 is 19.2 Å². The van der Waals surface area contributed by atoms with E-state index >= 15 is 0 Å². The third-order valence-electron chi connectivity index (χ3n) is 1.19. The van der Waals surface area contributed by atoms with E-state index in [0.717, 1.165) is 0 Å². The third-order valence-corrected chi connectivity index (χ3v) is 1.42. The van der Waals surface area contributed by atoms with Gasteiger partial charge in [0.25, 0.3) is 0 Å². The average Bonchev–Trinajstić information content (AvgIpc) is 2.11. The van der Waals surface area contributed by atoms with Crippen LogP contribution < -0.4 is 10.8 Å². The van der Waals surface area contributed by atoms with Gasteiger partial charge in [-0.3, -0.25) is 9.63 Å². The molecule has 0 bridgehead atoms. The normalized spacial score (nSPS) is 10.8. The summed E-state index contributed by atoms with van der Waals surface area (Å²) in [5.74, 6) is 0.218. The largest absolute Gasteiger partial charge is 0.442 e. The molecule has 0 aliphatic rings. The van der Waals surface area contributed by atoms with Crippen LogP contribution in [0, 0.1) is 0 Å². The van der Waals surface area contributed by atoms with Crippen molar-refractivity contribution in [1.82, 2.24) is 10.8 Å². The molecule has 7 heteroatoms. The molecular weight excluding hydrogens is 232 g/mol. The Morgan fingerprint density at radius 3 is 2.44 bits per heavy atom. The van der Waals surface area contributed by atoms with Crippen LogP contribution in [0.1, 0.15) is 20.8 Å². The summed E-state index contributed by atoms with van der Waals surface area (Å²) in [5.41, 5.74) is 1.41. The van der Waals surface area contributed by atoms with Crippen LogP contribution in [0.15, 0.2) is 0 Å². The van der Waals surface area contributed by atoms with E-state index in [2.05, 4.69) is 22.8 Å². The zero-order valence-corrected chi connectivity index (χ0v) is 10.6. The van der Waals surface area contributed by atoms with Gasteiger partial charge in [-0.2, -0.15) is 18.1 Å². The van der Waals surface area contributed by atoms with Gasteiger partial charge in [0.05, 0.1) is 0 Å². The maximum absolute atomic E-state index is 11.1. The fourth-order valence-corrected chi connectivity index (χ4v) is 0.818. The summed E-state index contributed by atoms with van der Waals surface area (Å²) in [4.78, 5) is 26.7. The zero-order chi connectivity index (χ0) is 12.6. The smallest absolute Gasteiger partial charge is 0.431 e. The highest BCUT2D eigenvalue weighted by Crippen LogP contribution is 2.06. The van der Waals surface area contributed by atoms with Gasteiger partial charge in [0, 0.05) is 12.3 Å². The van der Waals surface area contributed by atoms with Gasteiger partial charge in [-0.05, 0) is 20.8 Å². The lowest BCUT2D eigenvalue weighted by Gasteiger charge is -2.19. The number of carbonyl (C=O) groups is 2. The summed E-state index contributed by atoms with van der Waals surface area (Å²) < 4.78 is 4.88.